The van der Waals surface area contributed by atoms with E-state index < -0.39 is 6.04 Å². The lowest BCUT2D eigenvalue weighted by Gasteiger charge is -2.26. The molecule has 1 atom stereocenters. The molecular formula is C23H23ClN2O4. The average molecular weight is 427 g/mol. The van der Waals surface area contributed by atoms with Gasteiger partial charge in [0.15, 0.2) is 5.43 Å². The smallest absolute Gasteiger partial charge is 0.290 e. The zero-order valence-electron chi connectivity index (χ0n) is 17.1. The second kappa shape index (κ2) is 8.13. The maximum Gasteiger partial charge on any atom is 0.290 e. The average Bonchev–Trinajstić information content (AvgIpc) is 3.00. The second-order valence-electron chi connectivity index (χ2n) is 7.52. The highest BCUT2D eigenvalue weighted by Gasteiger charge is 2.42. The van der Waals surface area contributed by atoms with Gasteiger partial charge in [-0.15, -0.1) is 0 Å². The molecule has 4 rings (SSSR count). The van der Waals surface area contributed by atoms with E-state index in [0.29, 0.717) is 47.0 Å². The van der Waals surface area contributed by atoms with Crippen molar-refractivity contribution < 1.29 is 13.9 Å². The number of rotatable bonds is 6. The van der Waals surface area contributed by atoms with Gasteiger partial charge in [-0.3, -0.25) is 9.59 Å². The Balaban J connectivity index is 1.92. The van der Waals surface area contributed by atoms with Crippen LogP contribution in [0.1, 0.15) is 34.6 Å². The topological polar surface area (TPSA) is 63.0 Å². The van der Waals surface area contributed by atoms with Gasteiger partial charge in [0.2, 0.25) is 5.76 Å². The summed E-state index contributed by atoms with van der Waals surface area (Å²) in [5, 5.41) is 0.813. The lowest BCUT2D eigenvalue weighted by molar-refractivity contribution is 0.0716. The van der Waals surface area contributed by atoms with Crippen molar-refractivity contribution in [3.63, 3.8) is 0 Å². The van der Waals surface area contributed by atoms with Crippen molar-refractivity contribution in [2.24, 2.45) is 0 Å². The maximum absolute atomic E-state index is 13.5. The standard InChI is InChI=1S/C23H23ClN2O4/c1-4-29-16-7-5-6-14(12-16)20-19-21(27)17-13-15(24)8-9-18(17)30-22(19)23(28)26(20)11-10-25(2)3/h5-9,12-13,20H,4,10-11H2,1-3H3. The first kappa shape index (κ1) is 20.4. The summed E-state index contributed by atoms with van der Waals surface area (Å²) in [4.78, 5) is 30.4. The van der Waals surface area contributed by atoms with E-state index in [2.05, 4.69) is 0 Å². The number of hydrogen-bond acceptors (Lipinski definition) is 5. The monoisotopic (exact) mass is 426 g/mol. The van der Waals surface area contributed by atoms with E-state index in [1.807, 2.05) is 50.2 Å². The molecule has 0 radical (unpaired) electrons. The summed E-state index contributed by atoms with van der Waals surface area (Å²) in [5.41, 5.74) is 1.27. The summed E-state index contributed by atoms with van der Waals surface area (Å²) < 4.78 is 11.6. The molecule has 0 aliphatic carbocycles. The quantitative estimate of drug-likeness (QED) is 0.597. The van der Waals surface area contributed by atoms with E-state index >= 15 is 0 Å². The highest BCUT2D eigenvalue weighted by Crippen LogP contribution is 2.39. The normalized spacial score (nSPS) is 15.8. The van der Waals surface area contributed by atoms with Crippen molar-refractivity contribution in [1.82, 2.24) is 9.80 Å². The van der Waals surface area contributed by atoms with Gasteiger partial charge in [0, 0.05) is 18.1 Å². The van der Waals surface area contributed by atoms with Crippen molar-refractivity contribution in [1.29, 1.82) is 0 Å². The number of nitrogens with zero attached hydrogens (tertiary/aromatic N) is 2. The van der Waals surface area contributed by atoms with E-state index in [4.69, 9.17) is 20.8 Å². The van der Waals surface area contributed by atoms with Gasteiger partial charge in [-0.1, -0.05) is 23.7 Å². The van der Waals surface area contributed by atoms with Gasteiger partial charge in [0.1, 0.15) is 11.3 Å². The number of ether oxygens (including phenoxy) is 1. The first-order valence-electron chi connectivity index (χ1n) is 9.85. The molecule has 0 fully saturated rings. The van der Waals surface area contributed by atoms with Crippen molar-refractivity contribution >= 4 is 28.5 Å². The van der Waals surface area contributed by atoms with Crippen molar-refractivity contribution in [3.05, 3.63) is 74.6 Å². The van der Waals surface area contributed by atoms with Crippen LogP contribution in [0.4, 0.5) is 0 Å². The number of likely N-dealkylation sites (N-methyl/N-ethyl adjacent to an activating group) is 1. The number of benzene rings is 2. The minimum absolute atomic E-state index is 0.0976. The summed E-state index contributed by atoms with van der Waals surface area (Å²) in [5.74, 6) is 0.504. The Morgan fingerprint density at radius 1 is 1.17 bits per heavy atom. The SMILES string of the molecule is CCOc1cccc(C2c3c(oc4ccc(Cl)cc4c3=O)C(=O)N2CCN(C)C)c1. The number of carbonyl (C=O) groups is 1. The molecule has 0 N–H and O–H groups in total. The summed E-state index contributed by atoms with van der Waals surface area (Å²) in [6.07, 6.45) is 0. The van der Waals surface area contributed by atoms with Crippen LogP contribution in [0.25, 0.3) is 11.0 Å². The molecule has 2 aromatic carbocycles. The van der Waals surface area contributed by atoms with Crippen LogP contribution in [0.15, 0.2) is 51.7 Å². The Morgan fingerprint density at radius 3 is 2.70 bits per heavy atom. The molecule has 156 valence electrons. The molecule has 1 unspecified atom stereocenters. The lowest BCUT2D eigenvalue weighted by atomic mass is 9.98. The Kier molecular flexibility index (Phi) is 5.54. The van der Waals surface area contributed by atoms with E-state index in [9.17, 15) is 9.59 Å². The van der Waals surface area contributed by atoms with Gasteiger partial charge in [-0.05, 0) is 56.9 Å². The molecule has 3 aromatic rings. The van der Waals surface area contributed by atoms with Crippen molar-refractivity contribution in [2.75, 3.05) is 33.8 Å². The first-order chi connectivity index (χ1) is 14.4. The number of carbonyl (C=O) groups excluding carboxylic acids is 1. The lowest BCUT2D eigenvalue weighted by Crippen LogP contribution is -2.35. The van der Waals surface area contributed by atoms with Crippen LogP contribution < -0.4 is 10.2 Å². The first-order valence-corrected chi connectivity index (χ1v) is 10.2. The zero-order valence-corrected chi connectivity index (χ0v) is 17.9. The minimum atomic E-state index is -0.549. The van der Waals surface area contributed by atoms with Gasteiger partial charge >= 0.3 is 0 Å². The predicted molar refractivity (Wildman–Crippen MR) is 117 cm³/mol. The third-order valence-electron chi connectivity index (χ3n) is 5.20. The maximum atomic E-state index is 13.5. The Hall–Kier alpha value is -2.83. The molecule has 0 saturated carbocycles. The Morgan fingerprint density at radius 2 is 1.97 bits per heavy atom. The van der Waals surface area contributed by atoms with E-state index in [1.165, 1.54) is 0 Å². The highest BCUT2D eigenvalue weighted by atomic mass is 35.5. The van der Waals surface area contributed by atoms with Crippen LogP contribution in [-0.4, -0.2) is 49.5 Å². The van der Waals surface area contributed by atoms with Crippen LogP contribution in [0, 0.1) is 0 Å². The molecule has 2 heterocycles. The third-order valence-corrected chi connectivity index (χ3v) is 5.44. The number of fused-ring (bicyclic) bond motifs is 2. The molecule has 6 nitrogen and oxygen atoms in total. The van der Waals surface area contributed by atoms with Gasteiger partial charge in [-0.2, -0.15) is 0 Å². The summed E-state index contributed by atoms with van der Waals surface area (Å²) in [7, 11) is 3.89. The fourth-order valence-electron chi connectivity index (χ4n) is 3.82. The predicted octanol–water partition coefficient (Wildman–Crippen LogP) is 3.95. The summed E-state index contributed by atoms with van der Waals surface area (Å²) >= 11 is 6.11. The number of halogens is 1. The fourth-order valence-corrected chi connectivity index (χ4v) is 3.99. The van der Waals surface area contributed by atoms with E-state index in [1.54, 1.807) is 23.1 Å². The molecule has 1 aromatic heterocycles. The number of hydrogen-bond donors (Lipinski definition) is 0. The van der Waals surface area contributed by atoms with Crippen molar-refractivity contribution in [2.45, 2.75) is 13.0 Å². The van der Waals surface area contributed by atoms with E-state index in [0.717, 1.165) is 5.56 Å². The van der Waals surface area contributed by atoms with Crippen LogP contribution in [0.5, 0.6) is 5.75 Å². The fraction of sp³-hybridized carbons (Fsp3) is 0.304. The summed E-state index contributed by atoms with van der Waals surface area (Å²) in [6.45, 7) is 3.55. The molecular weight excluding hydrogens is 404 g/mol. The summed E-state index contributed by atoms with van der Waals surface area (Å²) in [6, 6.07) is 11.8. The highest BCUT2D eigenvalue weighted by molar-refractivity contribution is 6.31. The van der Waals surface area contributed by atoms with Gasteiger partial charge in [0.05, 0.1) is 23.6 Å². The van der Waals surface area contributed by atoms with Crippen molar-refractivity contribution in [3.8, 4) is 5.75 Å². The Labute approximate surface area is 179 Å². The molecule has 1 aliphatic heterocycles. The second-order valence-corrected chi connectivity index (χ2v) is 7.96. The molecule has 30 heavy (non-hydrogen) atoms. The van der Waals surface area contributed by atoms with Gasteiger partial charge in [0.25, 0.3) is 5.91 Å². The van der Waals surface area contributed by atoms with Crippen LogP contribution in [0.2, 0.25) is 5.02 Å². The van der Waals surface area contributed by atoms with Crippen LogP contribution in [-0.2, 0) is 0 Å². The van der Waals surface area contributed by atoms with Gasteiger partial charge in [-0.25, -0.2) is 0 Å². The molecule has 0 spiro atoms. The van der Waals surface area contributed by atoms with E-state index in [-0.39, 0.29) is 17.1 Å². The molecule has 1 amide bonds. The molecule has 0 bridgehead atoms. The van der Waals surface area contributed by atoms with Crippen LogP contribution >= 0.6 is 11.6 Å². The zero-order chi connectivity index (χ0) is 21.4. The third kappa shape index (κ3) is 3.57. The number of amides is 1. The molecule has 7 heteroatoms. The largest absolute Gasteiger partial charge is 0.494 e. The molecule has 1 aliphatic rings. The van der Waals surface area contributed by atoms with Crippen LogP contribution in [0.3, 0.4) is 0 Å². The molecule has 0 saturated heterocycles. The van der Waals surface area contributed by atoms with Gasteiger partial charge < -0.3 is 19.0 Å². The minimum Gasteiger partial charge on any atom is -0.494 e. The Bertz CT molecular complexity index is 1170.